The fourth-order valence-corrected chi connectivity index (χ4v) is 1.85. The van der Waals surface area contributed by atoms with Gasteiger partial charge in [-0.2, -0.15) is 0 Å². The molecule has 3 rings (SSSR count). The number of hydrogen-bond donors (Lipinski definition) is 1. The van der Waals surface area contributed by atoms with Gasteiger partial charge in [0, 0.05) is 6.07 Å². The number of nitro groups is 1. The number of aromatic nitrogens is 2. The van der Waals surface area contributed by atoms with E-state index in [2.05, 4.69) is 10.2 Å². The molecule has 2 N–H and O–H groups in total. The number of nitrogen functional groups attached to an aromatic ring is 1. The molecule has 0 bridgehead atoms. The number of nitrogens with zero attached hydrogens (tertiary/aromatic N) is 3. The van der Waals surface area contributed by atoms with Crippen LogP contribution in [0.5, 0.6) is 0 Å². The summed E-state index contributed by atoms with van der Waals surface area (Å²) in [4.78, 5) is 22.1. The molecule has 0 unspecified atom stereocenters. The lowest BCUT2D eigenvalue weighted by Crippen LogP contribution is -2.07. The summed E-state index contributed by atoms with van der Waals surface area (Å²) in [7, 11) is 0. The van der Waals surface area contributed by atoms with Crippen LogP contribution in [0.1, 0.15) is 16.2 Å². The second-order valence-corrected chi connectivity index (χ2v) is 4.59. The fraction of sp³-hybridized carbons (Fsp3) is 0.0714. The van der Waals surface area contributed by atoms with E-state index in [1.54, 1.807) is 12.1 Å². The number of benzene rings is 1. The Bertz CT molecular complexity index is 887. The summed E-state index contributed by atoms with van der Waals surface area (Å²) in [5, 5.41) is 18.3. The lowest BCUT2D eigenvalue weighted by atomic mass is 10.2. The van der Waals surface area contributed by atoms with Crippen LogP contribution in [-0.4, -0.2) is 21.1 Å². The summed E-state index contributed by atoms with van der Waals surface area (Å²) in [5.74, 6) is -0.195. The van der Waals surface area contributed by atoms with Crippen LogP contribution >= 0.6 is 0 Å². The van der Waals surface area contributed by atoms with Gasteiger partial charge in [-0.1, -0.05) is 0 Å². The molecular weight excluding hydrogens is 320 g/mol. The molecule has 0 fully saturated rings. The fourth-order valence-electron chi connectivity index (χ4n) is 1.85. The van der Waals surface area contributed by atoms with Crippen molar-refractivity contribution < 1.29 is 23.3 Å². The predicted molar refractivity (Wildman–Crippen MR) is 78.6 cm³/mol. The van der Waals surface area contributed by atoms with Crippen LogP contribution in [0.4, 0.5) is 11.4 Å². The molecule has 0 atom stereocenters. The van der Waals surface area contributed by atoms with Gasteiger partial charge in [0.05, 0.1) is 16.7 Å². The highest BCUT2D eigenvalue weighted by Crippen LogP contribution is 2.23. The molecule has 0 aliphatic rings. The monoisotopic (exact) mass is 330 g/mol. The Morgan fingerprint density at radius 1 is 1.33 bits per heavy atom. The maximum atomic E-state index is 11.9. The number of nitro benzene ring substituents is 1. The van der Waals surface area contributed by atoms with Crippen molar-refractivity contribution in [2.75, 3.05) is 5.73 Å². The summed E-state index contributed by atoms with van der Waals surface area (Å²) >= 11 is 0. The summed E-state index contributed by atoms with van der Waals surface area (Å²) < 4.78 is 15.4. The molecule has 122 valence electrons. The van der Waals surface area contributed by atoms with Gasteiger partial charge in [-0.3, -0.25) is 10.1 Å². The van der Waals surface area contributed by atoms with Gasteiger partial charge in [0.25, 0.3) is 17.5 Å². The van der Waals surface area contributed by atoms with Crippen LogP contribution < -0.4 is 5.73 Å². The third-order valence-electron chi connectivity index (χ3n) is 2.99. The van der Waals surface area contributed by atoms with Crippen molar-refractivity contribution in [3.63, 3.8) is 0 Å². The zero-order valence-electron chi connectivity index (χ0n) is 12.0. The Labute approximate surface area is 134 Å². The molecule has 0 amide bonds. The van der Waals surface area contributed by atoms with Crippen LogP contribution in [0.15, 0.2) is 45.4 Å². The Kier molecular flexibility index (Phi) is 3.93. The van der Waals surface area contributed by atoms with E-state index in [4.69, 9.17) is 19.3 Å². The number of hydrogen-bond acceptors (Lipinski definition) is 9. The zero-order valence-corrected chi connectivity index (χ0v) is 12.0. The number of rotatable bonds is 5. The molecule has 0 radical (unpaired) electrons. The number of esters is 1. The summed E-state index contributed by atoms with van der Waals surface area (Å²) in [6, 6.07) is 6.92. The third kappa shape index (κ3) is 3.06. The van der Waals surface area contributed by atoms with E-state index < -0.39 is 10.9 Å². The van der Waals surface area contributed by atoms with Gasteiger partial charge in [0.1, 0.15) is 5.69 Å². The minimum absolute atomic E-state index is 0.0123. The summed E-state index contributed by atoms with van der Waals surface area (Å²) in [5.41, 5.74) is 5.04. The van der Waals surface area contributed by atoms with Crippen LogP contribution in [-0.2, 0) is 11.3 Å². The molecule has 2 heterocycles. The second-order valence-electron chi connectivity index (χ2n) is 4.59. The molecule has 1 aromatic carbocycles. The quantitative estimate of drug-likeness (QED) is 0.321. The molecular formula is C14H10N4O6. The molecule has 10 nitrogen and oxygen atoms in total. The Morgan fingerprint density at radius 3 is 2.88 bits per heavy atom. The number of nitrogens with two attached hydrogens (primary N) is 1. The summed E-state index contributed by atoms with van der Waals surface area (Å²) in [6.07, 6.45) is 1.45. The normalized spacial score (nSPS) is 10.5. The molecule has 3 aromatic rings. The maximum absolute atomic E-state index is 11.9. The van der Waals surface area contributed by atoms with Gasteiger partial charge in [0.2, 0.25) is 0 Å². The standard InChI is InChI=1S/C14H10N4O6/c15-9-4-3-8(6-10(9)18(20)21)14(19)23-7-12-16-17-13(24-12)11-2-1-5-22-11/h1-6H,7,15H2. The topological polar surface area (TPSA) is 148 Å². The van der Waals surface area contributed by atoms with Crippen LogP contribution in [0, 0.1) is 10.1 Å². The molecule has 0 saturated carbocycles. The van der Waals surface area contributed by atoms with Gasteiger partial charge in [-0.25, -0.2) is 4.79 Å². The van der Waals surface area contributed by atoms with Crippen molar-refractivity contribution in [2.24, 2.45) is 0 Å². The first-order chi connectivity index (χ1) is 11.5. The van der Waals surface area contributed by atoms with Gasteiger partial charge >= 0.3 is 5.97 Å². The van der Waals surface area contributed by atoms with E-state index in [9.17, 15) is 14.9 Å². The number of furan rings is 1. The Balaban J connectivity index is 1.68. The van der Waals surface area contributed by atoms with E-state index in [1.807, 2.05) is 0 Å². The molecule has 24 heavy (non-hydrogen) atoms. The average Bonchev–Trinajstić information content (AvgIpc) is 3.24. The Morgan fingerprint density at radius 2 is 2.17 bits per heavy atom. The lowest BCUT2D eigenvalue weighted by Gasteiger charge is -2.03. The van der Waals surface area contributed by atoms with E-state index in [0.29, 0.717) is 5.76 Å². The molecule has 0 aliphatic heterocycles. The van der Waals surface area contributed by atoms with Crippen molar-refractivity contribution in [1.82, 2.24) is 10.2 Å². The van der Waals surface area contributed by atoms with Gasteiger partial charge in [0.15, 0.2) is 12.4 Å². The maximum Gasteiger partial charge on any atom is 0.338 e. The van der Waals surface area contributed by atoms with E-state index >= 15 is 0 Å². The minimum Gasteiger partial charge on any atom is -0.459 e. The van der Waals surface area contributed by atoms with Crippen molar-refractivity contribution in [3.8, 4) is 11.7 Å². The van der Waals surface area contributed by atoms with E-state index in [-0.39, 0.29) is 35.3 Å². The molecule has 0 aliphatic carbocycles. The zero-order chi connectivity index (χ0) is 17.1. The SMILES string of the molecule is Nc1ccc(C(=O)OCc2nnc(-c3ccco3)o2)cc1[N+](=O)[O-]. The Hall–Kier alpha value is -3.69. The largest absolute Gasteiger partial charge is 0.459 e. The first-order valence-electron chi connectivity index (χ1n) is 6.62. The van der Waals surface area contributed by atoms with Gasteiger partial charge < -0.3 is 19.3 Å². The highest BCUT2D eigenvalue weighted by atomic mass is 16.6. The highest BCUT2D eigenvalue weighted by Gasteiger charge is 2.18. The van der Waals surface area contributed by atoms with Gasteiger partial charge in [-0.15, -0.1) is 10.2 Å². The van der Waals surface area contributed by atoms with Crippen molar-refractivity contribution in [1.29, 1.82) is 0 Å². The third-order valence-corrected chi connectivity index (χ3v) is 2.99. The number of ether oxygens (including phenoxy) is 1. The number of anilines is 1. The number of carbonyl (C=O) groups is 1. The van der Waals surface area contributed by atoms with E-state index in [1.165, 1.54) is 18.4 Å². The first-order valence-corrected chi connectivity index (χ1v) is 6.62. The van der Waals surface area contributed by atoms with Crippen LogP contribution in [0.25, 0.3) is 11.7 Å². The second kappa shape index (κ2) is 6.20. The van der Waals surface area contributed by atoms with E-state index in [0.717, 1.165) is 6.07 Å². The average molecular weight is 330 g/mol. The number of carbonyl (C=O) groups excluding carboxylic acids is 1. The van der Waals surface area contributed by atoms with Crippen molar-refractivity contribution in [2.45, 2.75) is 6.61 Å². The predicted octanol–water partition coefficient (Wildman–Crippen LogP) is 2.18. The van der Waals surface area contributed by atoms with Crippen molar-refractivity contribution >= 4 is 17.3 Å². The molecule has 0 spiro atoms. The molecule has 2 aromatic heterocycles. The van der Waals surface area contributed by atoms with Crippen LogP contribution in [0.2, 0.25) is 0 Å². The first kappa shape index (κ1) is 15.2. The molecule has 0 saturated heterocycles. The summed E-state index contributed by atoms with van der Waals surface area (Å²) in [6.45, 7) is -0.287. The lowest BCUT2D eigenvalue weighted by molar-refractivity contribution is -0.383. The van der Waals surface area contributed by atoms with Gasteiger partial charge in [-0.05, 0) is 24.3 Å². The molecule has 10 heteroatoms. The smallest absolute Gasteiger partial charge is 0.338 e. The van der Waals surface area contributed by atoms with Crippen molar-refractivity contribution in [3.05, 3.63) is 58.2 Å². The minimum atomic E-state index is -0.782. The highest BCUT2D eigenvalue weighted by molar-refractivity contribution is 5.91. The van der Waals surface area contributed by atoms with Crippen LogP contribution in [0.3, 0.4) is 0 Å².